The van der Waals surface area contributed by atoms with Gasteiger partial charge in [-0.25, -0.2) is 0 Å². The van der Waals surface area contributed by atoms with E-state index in [1.165, 1.54) is 25.7 Å². The smallest absolute Gasteiger partial charge is 0.239 e. The highest BCUT2D eigenvalue weighted by Gasteiger charge is 2.32. The summed E-state index contributed by atoms with van der Waals surface area (Å²) >= 11 is 0. The number of nitrogens with two attached hydrogens (primary N) is 1. The fourth-order valence-electron chi connectivity index (χ4n) is 1.89. The highest BCUT2D eigenvalue weighted by molar-refractivity contribution is 5.81. The van der Waals surface area contributed by atoms with Crippen molar-refractivity contribution >= 4 is 5.91 Å². The third-order valence-electron chi connectivity index (χ3n) is 3.42. The van der Waals surface area contributed by atoms with Crippen LogP contribution in [0.15, 0.2) is 0 Å². The maximum Gasteiger partial charge on any atom is 0.239 e. The molecule has 3 nitrogen and oxygen atoms in total. The second-order valence-corrected chi connectivity index (χ2v) is 5.14. The molecule has 1 amide bonds. The van der Waals surface area contributed by atoms with Gasteiger partial charge in [0.05, 0.1) is 6.04 Å². The average Bonchev–Trinajstić information content (AvgIpc) is 3.08. The lowest BCUT2D eigenvalue weighted by Gasteiger charge is -2.25. The molecule has 2 rings (SSSR count). The SMILES string of the molecule is CCC(N)C(=O)N(CC1CC1)CC1CC1. The van der Waals surface area contributed by atoms with Crippen molar-refractivity contribution in [3.8, 4) is 0 Å². The first kappa shape index (κ1) is 10.9. The predicted octanol–water partition coefficient (Wildman–Crippen LogP) is 1.37. The molecule has 0 heterocycles. The van der Waals surface area contributed by atoms with E-state index in [1.807, 2.05) is 11.8 Å². The van der Waals surface area contributed by atoms with Gasteiger partial charge in [0.1, 0.15) is 0 Å². The van der Waals surface area contributed by atoms with Crippen LogP contribution in [0.3, 0.4) is 0 Å². The Labute approximate surface area is 92.0 Å². The Hall–Kier alpha value is -0.570. The predicted molar refractivity (Wildman–Crippen MR) is 60.3 cm³/mol. The van der Waals surface area contributed by atoms with E-state index in [0.717, 1.165) is 31.3 Å². The van der Waals surface area contributed by atoms with Gasteiger partial charge in [0, 0.05) is 13.1 Å². The lowest BCUT2D eigenvalue weighted by molar-refractivity contribution is -0.133. The molecule has 15 heavy (non-hydrogen) atoms. The standard InChI is InChI=1S/C12H22N2O/c1-2-11(13)12(15)14(7-9-3-4-9)8-10-5-6-10/h9-11H,2-8,13H2,1H3. The number of hydrogen-bond donors (Lipinski definition) is 1. The second-order valence-electron chi connectivity index (χ2n) is 5.14. The molecule has 3 heteroatoms. The first-order valence-electron chi connectivity index (χ1n) is 6.25. The largest absolute Gasteiger partial charge is 0.341 e. The molecule has 0 radical (unpaired) electrons. The van der Waals surface area contributed by atoms with Crippen molar-refractivity contribution in [1.29, 1.82) is 0 Å². The molecular weight excluding hydrogens is 188 g/mol. The van der Waals surface area contributed by atoms with E-state index in [0.29, 0.717) is 0 Å². The van der Waals surface area contributed by atoms with E-state index in [4.69, 9.17) is 5.73 Å². The van der Waals surface area contributed by atoms with Gasteiger partial charge in [0.25, 0.3) is 0 Å². The maximum absolute atomic E-state index is 12.0. The van der Waals surface area contributed by atoms with E-state index in [-0.39, 0.29) is 11.9 Å². The molecule has 2 fully saturated rings. The molecular formula is C12H22N2O. The van der Waals surface area contributed by atoms with Gasteiger partial charge in [-0.1, -0.05) is 6.92 Å². The molecule has 0 saturated heterocycles. The topological polar surface area (TPSA) is 46.3 Å². The van der Waals surface area contributed by atoms with Crippen LogP contribution in [0.4, 0.5) is 0 Å². The van der Waals surface area contributed by atoms with Crippen molar-refractivity contribution in [2.45, 2.75) is 45.1 Å². The minimum Gasteiger partial charge on any atom is -0.341 e. The van der Waals surface area contributed by atoms with Crippen molar-refractivity contribution in [3.63, 3.8) is 0 Å². The second kappa shape index (κ2) is 4.52. The lowest BCUT2D eigenvalue weighted by atomic mass is 10.2. The Kier molecular flexibility index (Phi) is 3.29. The van der Waals surface area contributed by atoms with E-state index in [9.17, 15) is 4.79 Å². The summed E-state index contributed by atoms with van der Waals surface area (Å²) in [5.41, 5.74) is 5.82. The van der Waals surface area contributed by atoms with Crippen LogP contribution in [-0.2, 0) is 4.79 Å². The van der Waals surface area contributed by atoms with Crippen molar-refractivity contribution in [3.05, 3.63) is 0 Å². The first-order valence-corrected chi connectivity index (χ1v) is 6.25. The van der Waals surface area contributed by atoms with Crippen LogP contribution in [0.25, 0.3) is 0 Å². The van der Waals surface area contributed by atoms with Gasteiger partial charge in [-0.15, -0.1) is 0 Å². The maximum atomic E-state index is 12.0. The van der Waals surface area contributed by atoms with E-state index < -0.39 is 0 Å². The molecule has 0 aromatic rings. The summed E-state index contributed by atoms with van der Waals surface area (Å²) in [4.78, 5) is 14.0. The molecule has 86 valence electrons. The highest BCUT2D eigenvalue weighted by Crippen LogP contribution is 2.33. The molecule has 2 saturated carbocycles. The number of amides is 1. The van der Waals surface area contributed by atoms with Gasteiger partial charge in [0.2, 0.25) is 5.91 Å². The third kappa shape index (κ3) is 3.20. The number of nitrogens with zero attached hydrogens (tertiary/aromatic N) is 1. The number of carbonyl (C=O) groups excluding carboxylic acids is 1. The van der Waals surface area contributed by atoms with E-state index in [2.05, 4.69) is 0 Å². The zero-order valence-corrected chi connectivity index (χ0v) is 9.61. The van der Waals surface area contributed by atoms with Crippen LogP contribution in [0.5, 0.6) is 0 Å². The number of rotatable bonds is 6. The summed E-state index contributed by atoms with van der Waals surface area (Å²) in [5.74, 6) is 1.73. The summed E-state index contributed by atoms with van der Waals surface area (Å²) in [6.07, 6.45) is 5.96. The molecule has 2 N–H and O–H groups in total. The van der Waals surface area contributed by atoms with Crippen molar-refractivity contribution < 1.29 is 4.79 Å². The van der Waals surface area contributed by atoms with Gasteiger partial charge < -0.3 is 10.6 Å². The fraction of sp³-hybridized carbons (Fsp3) is 0.917. The third-order valence-corrected chi connectivity index (χ3v) is 3.42. The number of hydrogen-bond acceptors (Lipinski definition) is 2. The molecule has 0 aromatic heterocycles. The Morgan fingerprint density at radius 1 is 1.27 bits per heavy atom. The Morgan fingerprint density at radius 3 is 2.07 bits per heavy atom. The summed E-state index contributed by atoms with van der Waals surface area (Å²) in [7, 11) is 0. The van der Waals surface area contributed by atoms with Gasteiger partial charge in [-0.2, -0.15) is 0 Å². The lowest BCUT2D eigenvalue weighted by Crippen LogP contribution is -2.45. The average molecular weight is 210 g/mol. The van der Waals surface area contributed by atoms with Crippen LogP contribution >= 0.6 is 0 Å². The van der Waals surface area contributed by atoms with Gasteiger partial charge in [0.15, 0.2) is 0 Å². The van der Waals surface area contributed by atoms with Crippen LogP contribution < -0.4 is 5.73 Å². The Bertz CT molecular complexity index is 220. The molecule has 2 aliphatic carbocycles. The molecule has 0 bridgehead atoms. The molecule has 2 aliphatic rings. The minimum atomic E-state index is -0.275. The Balaban J connectivity index is 1.86. The summed E-state index contributed by atoms with van der Waals surface area (Å²) in [6.45, 7) is 3.90. The van der Waals surface area contributed by atoms with Crippen LogP contribution in [-0.4, -0.2) is 29.9 Å². The van der Waals surface area contributed by atoms with E-state index in [1.54, 1.807) is 0 Å². The van der Waals surface area contributed by atoms with Crippen molar-refractivity contribution in [2.75, 3.05) is 13.1 Å². The normalized spacial score (nSPS) is 22.5. The molecule has 1 atom stereocenters. The van der Waals surface area contributed by atoms with Crippen LogP contribution in [0.2, 0.25) is 0 Å². The number of carbonyl (C=O) groups is 1. The van der Waals surface area contributed by atoms with Crippen LogP contribution in [0.1, 0.15) is 39.0 Å². The molecule has 0 spiro atoms. The summed E-state index contributed by atoms with van der Waals surface area (Å²) in [5, 5.41) is 0. The van der Waals surface area contributed by atoms with Gasteiger partial charge in [-0.3, -0.25) is 4.79 Å². The molecule has 0 aromatic carbocycles. The van der Waals surface area contributed by atoms with Gasteiger partial charge in [-0.05, 0) is 43.9 Å². The zero-order chi connectivity index (χ0) is 10.8. The van der Waals surface area contributed by atoms with Gasteiger partial charge >= 0.3 is 0 Å². The molecule has 1 unspecified atom stereocenters. The van der Waals surface area contributed by atoms with Crippen molar-refractivity contribution in [2.24, 2.45) is 17.6 Å². The highest BCUT2D eigenvalue weighted by atomic mass is 16.2. The Morgan fingerprint density at radius 2 is 1.73 bits per heavy atom. The van der Waals surface area contributed by atoms with Crippen molar-refractivity contribution in [1.82, 2.24) is 4.90 Å². The summed E-state index contributed by atoms with van der Waals surface area (Å²) < 4.78 is 0. The quantitative estimate of drug-likeness (QED) is 0.719. The fourth-order valence-corrected chi connectivity index (χ4v) is 1.89. The molecule has 0 aliphatic heterocycles. The van der Waals surface area contributed by atoms with Crippen LogP contribution in [0, 0.1) is 11.8 Å². The zero-order valence-electron chi connectivity index (χ0n) is 9.61. The monoisotopic (exact) mass is 210 g/mol. The summed E-state index contributed by atoms with van der Waals surface area (Å²) in [6, 6.07) is -0.275. The minimum absolute atomic E-state index is 0.177. The van der Waals surface area contributed by atoms with E-state index >= 15 is 0 Å². The first-order chi connectivity index (χ1) is 7.20.